The number of hydrogen-bond donors (Lipinski definition) is 3. The van der Waals surface area contributed by atoms with Gasteiger partial charge in [-0.2, -0.15) is 0 Å². The number of carbonyl (C=O) groups excluding carboxylic acids is 1. The van der Waals surface area contributed by atoms with Crippen molar-refractivity contribution in [2.45, 2.75) is 19.8 Å². The Morgan fingerprint density at radius 2 is 2.22 bits per heavy atom. The molecule has 2 rings (SSSR count). The van der Waals surface area contributed by atoms with Gasteiger partial charge >= 0.3 is 5.97 Å². The average Bonchev–Trinajstić information content (AvgIpc) is 2.49. The van der Waals surface area contributed by atoms with Gasteiger partial charge in [0.15, 0.2) is 0 Å². The molecule has 0 saturated heterocycles. The van der Waals surface area contributed by atoms with Crippen molar-refractivity contribution in [2.75, 3.05) is 17.2 Å². The number of hydrogen-bond acceptors (Lipinski definition) is 3. The monoisotopic (exact) mass is 248 g/mol. The first-order valence-corrected chi connectivity index (χ1v) is 6.04. The van der Waals surface area contributed by atoms with Crippen molar-refractivity contribution < 1.29 is 14.7 Å². The van der Waals surface area contributed by atoms with Crippen LogP contribution in [0.15, 0.2) is 18.2 Å². The maximum absolute atomic E-state index is 11.9. The molecule has 0 aromatic heterocycles. The summed E-state index contributed by atoms with van der Waals surface area (Å²) in [5.74, 6) is -1.12. The number of nitrogens with one attached hydrogen (secondary N) is 2. The Kier molecular flexibility index (Phi) is 3.50. The molecule has 18 heavy (non-hydrogen) atoms. The highest BCUT2D eigenvalue weighted by atomic mass is 16.4. The summed E-state index contributed by atoms with van der Waals surface area (Å²) in [5, 5.41) is 14.9. The molecule has 1 aliphatic heterocycles. The number of rotatable bonds is 3. The molecule has 1 aromatic rings. The zero-order valence-electron chi connectivity index (χ0n) is 10.2. The Hall–Kier alpha value is -2.04. The molecule has 96 valence electrons. The van der Waals surface area contributed by atoms with Gasteiger partial charge in [0.2, 0.25) is 5.91 Å². The minimum atomic E-state index is -0.999. The van der Waals surface area contributed by atoms with Gasteiger partial charge in [0.25, 0.3) is 0 Å². The molecule has 5 nitrogen and oxygen atoms in total. The molecular weight excluding hydrogens is 232 g/mol. The van der Waals surface area contributed by atoms with Crippen LogP contribution in [0.3, 0.4) is 0 Å². The maximum atomic E-state index is 11.9. The third kappa shape index (κ3) is 2.45. The summed E-state index contributed by atoms with van der Waals surface area (Å²) in [6, 6.07) is 4.70. The normalized spacial score (nSPS) is 18.3. The molecule has 1 aliphatic rings. The number of benzene rings is 1. The first-order valence-electron chi connectivity index (χ1n) is 6.04. The van der Waals surface area contributed by atoms with Gasteiger partial charge in [-0.15, -0.1) is 0 Å². The van der Waals surface area contributed by atoms with Crippen LogP contribution >= 0.6 is 0 Å². The molecule has 0 bridgehead atoms. The fourth-order valence-corrected chi connectivity index (χ4v) is 2.08. The summed E-state index contributed by atoms with van der Waals surface area (Å²) >= 11 is 0. The third-order valence-electron chi connectivity index (χ3n) is 3.07. The summed E-state index contributed by atoms with van der Waals surface area (Å²) in [6.07, 6.45) is 1.76. The Labute approximate surface area is 105 Å². The molecule has 0 aliphatic carbocycles. The SMILES string of the molecule is CCCC1CNc2ccc(C(=O)O)cc2NC1=O. The fraction of sp³-hybridized carbons (Fsp3) is 0.385. The van der Waals surface area contributed by atoms with Crippen LogP contribution in [0, 0.1) is 5.92 Å². The second-order valence-corrected chi connectivity index (χ2v) is 4.42. The third-order valence-corrected chi connectivity index (χ3v) is 3.07. The van der Waals surface area contributed by atoms with Crippen molar-refractivity contribution in [3.8, 4) is 0 Å². The van der Waals surface area contributed by atoms with E-state index in [9.17, 15) is 9.59 Å². The summed E-state index contributed by atoms with van der Waals surface area (Å²) in [7, 11) is 0. The molecule has 1 atom stereocenters. The molecule has 1 unspecified atom stereocenters. The Morgan fingerprint density at radius 3 is 2.89 bits per heavy atom. The van der Waals surface area contributed by atoms with E-state index in [1.54, 1.807) is 6.07 Å². The van der Waals surface area contributed by atoms with Gasteiger partial charge in [0, 0.05) is 6.54 Å². The van der Waals surface area contributed by atoms with Crippen molar-refractivity contribution >= 4 is 23.3 Å². The largest absolute Gasteiger partial charge is 0.478 e. The molecule has 0 spiro atoms. The van der Waals surface area contributed by atoms with Gasteiger partial charge in [-0.3, -0.25) is 4.79 Å². The standard InChI is InChI=1S/C13H16N2O3/c1-2-3-9-7-14-10-5-4-8(13(17)18)6-11(10)15-12(9)16/h4-6,9,14H,2-3,7H2,1H3,(H,15,16)(H,17,18). The molecule has 0 radical (unpaired) electrons. The Balaban J connectivity index is 2.27. The van der Waals surface area contributed by atoms with Crippen molar-refractivity contribution in [3.05, 3.63) is 23.8 Å². The van der Waals surface area contributed by atoms with Gasteiger partial charge in [0.05, 0.1) is 22.9 Å². The fourth-order valence-electron chi connectivity index (χ4n) is 2.08. The van der Waals surface area contributed by atoms with E-state index >= 15 is 0 Å². The highest BCUT2D eigenvalue weighted by Gasteiger charge is 2.23. The number of carboxylic acids is 1. The van der Waals surface area contributed by atoms with Crippen LogP contribution in [-0.4, -0.2) is 23.5 Å². The predicted octanol–water partition coefficient (Wildman–Crippen LogP) is 2.17. The van der Waals surface area contributed by atoms with Gasteiger partial charge in [-0.05, 0) is 24.6 Å². The van der Waals surface area contributed by atoms with Crippen molar-refractivity contribution in [1.82, 2.24) is 0 Å². The lowest BCUT2D eigenvalue weighted by Crippen LogP contribution is -2.25. The summed E-state index contributed by atoms with van der Waals surface area (Å²) in [4.78, 5) is 22.8. The molecule has 1 aromatic carbocycles. The van der Waals surface area contributed by atoms with Crippen LogP contribution in [-0.2, 0) is 4.79 Å². The van der Waals surface area contributed by atoms with E-state index in [0.717, 1.165) is 18.5 Å². The summed E-state index contributed by atoms with van der Waals surface area (Å²) in [5.41, 5.74) is 1.48. The van der Waals surface area contributed by atoms with Crippen LogP contribution in [0.1, 0.15) is 30.1 Å². The number of carbonyl (C=O) groups is 2. The first-order chi connectivity index (χ1) is 8.61. The highest BCUT2D eigenvalue weighted by Crippen LogP contribution is 2.27. The topological polar surface area (TPSA) is 78.4 Å². The zero-order chi connectivity index (χ0) is 13.1. The number of fused-ring (bicyclic) bond motifs is 1. The predicted molar refractivity (Wildman–Crippen MR) is 68.9 cm³/mol. The second kappa shape index (κ2) is 5.08. The number of carboxylic acid groups (broad SMARTS) is 1. The zero-order valence-corrected chi connectivity index (χ0v) is 10.2. The van der Waals surface area contributed by atoms with Crippen molar-refractivity contribution in [2.24, 2.45) is 5.92 Å². The lowest BCUT2D eigenvalue weighted by atomic mass is 10.0. The Bertz CT molecular complexity index is 485. The molecule has 1 amide bonds. The molecule has 0 fully saturated rings. The van der Waals surface area contributed by atoms with Crippen LogP contribution in [0.25, 0.3) is 0 Å². The molecular formula is C13H16N2O3. The number of aromatic carboxylic acids is 1. The van der Waals surface area contributed by atoms with Gasteiger partial charge in [-0.25, -0.2) is 4.79 Å². The van der Waals surface area contributed by atoms with E-state index < -0.39 is 5.97 Å². The molecule has 1 heterocycles. The first kappa shape index (κ1) is 12.4. The van der Waals surface area contributed by atoms with E-state index in [4.69, 9.17) is 5.11 Å². The second-order valence-electron chi connectivity index (χ2n) is 4.42. The molecule has 0 saturated carbocycles. The van der Waals surface area contributed by atoms with Crippen molar-refractivity contribution in [3.63, 3.8) is 0 Å². The van der Waals surface area contributed by atoms with E-state index in [0.29, 0.717) is 12.2 Å². The van der Waals surface area contributed by atoms with Gasteiger partial charge in [0.1, 0.15) is 0 Å². The number of anilines is 2. The smallest absolute Gasteiger partial charge is 0.335 e. The summed E-state index contributed by atoms with van der Waals surface area (Å²) in [6.45, 7) is 2.62. The van der Waals surface area contributed by atoms with E-state index in [1.807, 2.05) is 6.92 Å². The lowest BCUT2D eigenvalue weighted by Gasteiger charge is -2.11. The van der Waals surface area contributed by atoms with E-state index in [1.165, 1.54) is 12.1 Å². The quantitative estimate of drug-likeness (QED) is 0.766. The van der Waals surface area contributed by atoms with E-state index in [2.05, 4.69) is 10.6 Å². The minimum absolute atomic E-state index is 0.0503. The Morgan fingerprint density at radius 1 is 1.44 bits per heavy atom. The van der Waals surface area contributed by atoms with Crippen LogP contribution in [0.2, 0.25) is 0 Å². The molecule has 5 heteroatoms. The van der Waals surface area contributed by atoms with Crippen LogP contribution in [0.4, 0.5) is 11.4 Å². The van der Waals surface area contributed by atoms with Crippen LogP contribution < -0.4 is 10.6 Å². The van der Waals surface area contributed by atoms with Crippen molar-refractivity contribution in [1.29, 1.82) is 0 Å². The maximum Gasteiger partial charge on any atom is 0.335 e. The molecule has 3 N–H and O–H groups in total. The summed E-state index contributed by atoms with van der Waals surface area (Å²) < 4.78 is 0. The lowest BCUT2D eigenvalue weighted by molar-refractivity contribution is -0.119. The van der Waals surface area contributed by atoms with Gasteiger partial charge < -0.3 is 15.7 Å². The highest BCUT2D eigenvalue weighted by molar-refractivity contribution is 5.99. The average molecular weight is 248 g/mol. The van der Waals surface area contributed by atoms with Crippen LogP contribution in [0.5, 0.6) is 0 Å². The van der Waals surface area contributed by atoms with E-state index in [-0.39, 0.29) is 17.4 Å². The van der Waals surface area contributed by atoms with Gasteiger partial charge in [-0.1, -0.05) is 13.3 Å². The number of amides is 1. The minimum Gasteiger partial charge on any atom is -0.478 e.